The molecular formula is C17H20N. The molecule has 0 saturated heterocycles. The highest BCUT2D eigenvalue weighted by atomic mass is 14.6. The fraction of sp³-hybridized carbons (Fsp3) is 0.294. The molecule has 2 rings (SSSR count). The van der Waals surface area contributed by atoms with E-state index >= 15 is 0 Å². The molecule has 0 aliphatic heterocycles. The molecule has 0 spiro atoms. The van der Waals surface area contributed by atoms with Gasteiger partial charge in [0.2, 0.25) is 0 Å². The van der Waals surface area contributed by atoms with Crippen molar-refractivity contribution in [3.63, 3.8) is 0 Å². The van der Waals surface area contributed by atoms with E-state index in [0.717, 1.165) is 12.8 Å². The standard InChI is InChI=1S/C17H20N/c1(4-9-16-10-6-3-7-11-16)2-5-12-17-13-8-14-18-15-17/h1,3,6-8,10-11,13-15H,2,4-5,9,12H2. The highest BCUT2D eigenvalue weighted by Crippen LogP contribution is 2.09. The Hall–Kier alpha value is -1.63. The van der Waals surface area contributed by atoms with Crippen molar-refractivity contribution in [1.82, 2.24) is 4.98 Å². The van der Waals surface area contributed by atoms with Crippen molar-refractivity contribution in [2.24, 2.45) is 0 Å². The van der Waals surface area contributed by atoms with Gasteiger partial charge in [-0.1, -0.05) is 36.4 Å². The van der Waals surface area contributed by atoms with Crippen LogP contribution in [0.4, 0.5) is 0 Å². The van der Waals surface area contributed by atoms with Gasteiger partial charge in [0, 0.05) is 12.4 Å². The first-order chi connectivity index (χ1) is 8.95. The Labute approximate surface area is 110 Å². The summed E-state index contributed by atoms with van der Waals surface area (Å²) in [6, 6.07) is 14.8. The van der Waals surface area contributed by atoms with Crippen molar-refractivity contribution in [2.75, 3.05) is 0 Å². The summed E-state index contributed by atoms with van der Waals surface area (Å²) < 4.78 is 0. The van der Waals surface area contributed by atoms with Crippen molar-refractivity contribution in [3.05, 3.63) is 72.4 Å². The topological polar surface area (TPSA) is 12.9 Å². The summed E-state index contributed by atoms with van der Waals surface area (Å²) in [5.41, 5.74) is 2.77. The third-order valence-corrected chi connectivity index (χ3v) is 3.08. The minimum Gasteiger partial charge on any atom is -0.264 e. The molecule has 0 fully saturated rings. The normalized spacial score (nSPS) is 10.4. The molecule has 1 nitrogen and oxygen atoms in total. The number of pyridine rings is 1. The Kier molecular flexibility index (Phi) is 5.45. The van der Waals surface area contributed by atoms with Crippen LogP contribution in [-0.4, -0.2) is 4.98 Å². The van der Waals surface area contributed by atoms with E-state index in [-0.39, 0.29) is 0 Å². The van der Waals surface area contributed by atoms with E-state index in [4.69, 9.17) is 0 Å². The summed E-state index contributed by atoms with van der Waals surface area (Å²) in [6.45, 7) is 0. The van der Waals surface area contributed by atoms with Gasteiger partial charge in [-0.05, 0) is 55.7 Å². The Morgan fingerprint density at radius 3 is 2.44 bits per heavy atom. The summed E-state index contributed by atoms with van der Waals surface area (Å²) in [6.07, 6.45) is 12.1. The van der Waals surface area contributed by atoms with Gasteiger partial charge in [-0.15, -0.1) is 0 Å². The van der Waals surface area contributed by atoms with Crippen molar-refractivity contribution in [1.29, 1.82) is 0 Å². The van der Waals surface area contributed by atoms with Crippen LogP contribution in [0.1, 0.15) is 30.4 Å². The maximum Gasteiger partial charge on any atom is 0.0299 e. The van der Waals surface area contributed by atoms with Crippen molar-refractivity contribution in [3.8, 4) is 0 Å². The monoisotopic (exact) mass is 238 g/mol. The molecule has 1 radical (unpaired) electrons. The lowest BCUT2D eigenvalue weighted by molar-refractivity contribution is 0.758. The summed E-state index contributed by atoms with van der Waals surface area (Å²) >= 11 is 0. The maximum absolute atomic E-state index is 4.13. The first-order valence-electron chi connectivity index (χ1n) is 6.69. The lowest BCUT2D eigenvalue weighted by Gasteiger charge is -2.02. The smallest absolute Gasteiger partial charge is 0.0299 e. The third kappa shape index (κ3) is 4.70. The Bertz CT molecular complexity index is 378. The van der Waals surface area contributed by atoms with Gasteiger partial charge in [-0.3, -0.25) is 4.98 Å². The molecule has 1 heteroatoms. The SMILES string of the molecule is [CH](CCCc1cccnc1)CCc1ccccc1. The van der Waals surface area contributed by atoms with Crippen LogP contribution < -0.4 is 0 Å². The van der Waals surface area contributed by atoms with E-state index in [1.54, 1.807) is 0 Å². The number of aromatic nitrogens is 1. The van der Waals surface area contributed by atoms with E-state index in [9.17, 15) is 0 Å². The van der Waals surface area contributed by atoms with E-state index in [1.807, 2.05) is 18.5 Å². The number of benzene rings is 1. The van der Waals surface area contributed by atoms with Crippen LogP contribution in [0.2, 0.25) is 0 Å². The first kappa shape index (κ1) is 12.8. The highest BCUT2D eigenvalue weighted by Gasteiger charge is 1.95. The molecule has 1 aromatic heterocycles. The average Bonchev–Trinajstić information content (AvgIpc) is 2.45. The van der Waals surface area contributed by atoms with Crippen LogP contribution in [0.5, 0.6) is 0 Å². The zero-order valence-corrected chi connectivity index (χ0v) is 10.8. The van der Waals surface area contributed by atoms with Crippen molar-refractivity contribution in [2.45, 2.75) is 32.1 Å². The average molecular weight is 238 g/mol. The van der Waals surface area contributed by atoms with Crippen LogP contribution in [0.15, 0.2) is 54.9 Å². The largest absolute Gasteiger partial charge is 0.264 e. The third-order valence-electron chi connectivity index (χ3n) is 3.08. The first-order valence-corrected chi connectivity index (χ1v) is 6.69. The number of hydrogen-bond donors (Lipinski definition) is 0. The summed E-state index contributed by atoms with van der Waals surface area (Å²) in [5.74, 6) is 0. The minimum absolute atomic E-state index is 1.13. The van der Waals surface area contributed by atoms with E-state index in [1.165, 1.54) is 30.4 Å². The molecule has 0 amide bonds. The number of hydrogen-bond acceptors (Lipinski definition) is 1. The quantitative estimate of drug-likeness (QED) is 0.657. The lowest BCUT2D eigenvalue weighted by Crippen LogP contribution is -1.89. The van der Waals surface area contributed by atoms with E-state index in [2.05, 4.69) is 47.8 Å². The molecule has 1 aromatic carbocycles. The molecule has 18 heavy (non-hydrogen) atoms. The number of rotatable bonds is 7. The molecule has 0 aliphatic carbocycles. The molecular weight excluding hydrogens is 218 g/mol. The summed E-state index contributed by atoms with van der Waals surface area (Å²) in [7, 11) is 0. The van der Waals surface area contributed by atoms with Gasteiger partial charge in [-0.2, -0.15) is 0 Å². The van der Waals surface area contributed by atoms with E-state index < -0.39 is 0 Å². The van der Waals surface area contributed by atoms with Gasteiger partial charge < -0.3 is 0 Å². The van der Waals surface area contributed by atoms with Crippen molar-refractivity contribution < 1.29 is 0 Å². The van der Waals surface area contributed by atoms with E-state index in [0.29, 0.717) is 0 Å². The highest BCUT2D eigenvalue weighted by molar-refractivity contribution is 5.15. The van der Waals surface area contributed by atoms with Gasteiger partial charge in [0.1, 0.15) is 0 Å². The predicted octanol–water partition coefficient (Wildman–Crippen LogP) is 4.24. The van der Waals surface area contributed by atoms with Crippen LogP contribution >= 0.6 is 0 Å². The predicted molar refractivity (Wildman–Crippen MR) is 76.2 cm³/mol. The van der Waals surface area contributed by atoms with Gasteiger partial charge >= 0.3 is 0 Å². The Balaban J connectivity index is 1.54. The molecule has 2 aromatic rings. The molecule has 93 valence electrons. The molecule has 0 unspecified atom stereocenters. The van der Waals surface area contributed by atoms with Crippen LogP contribution in [-0.2, 0) is 12.8 Å². The van der Waals surface area contributed by atoms with Gasteiger partial charge in [0.15, 0.2) is 0 Å². The fourth-order valence-electron chi connectivity index (χ4n) is 2.05. The maximum atomic E-state index is 4.13. The van der Waals surface area contributed by atoms with Gasteiger partial charge in [0.25, 0.3) is 0 Å². The molecule has 0 atom stereocenters. The molecule has 0 N–H and O–H groups in total. The van der Waals surface area contributed by atoms with Gasteiger partial charge in [-0.25, -0.2) is 0 Å². The minimum atomic E-state index is 1.13. The molecule has 0 saturated carbocycles. The summed E-state index contributed by atoms with van der Waals surface area (Å²) in [5, 5.41) is 0. The lowest BCUT2D eigenvalue weighted by atomic mass is 10.0. The van der Waals surface area contributed by atoms with Crippen LogP contribution in [0.25, 0.3) is 0 Å². The Morgan fingerprint density at radius 2 is 1.67 bits per heavy atom. The van der Waals surface area contributed by atoms with Crippen molar-refractivity contribution >= 4 is 0 Å². The fourth-order valence-corrected chi connectivity index (χ4v) is 2.05. The second kappa shape index (κ2) is 7.65. The number of nitrogens with zero attached hydrogens (tertiary/aromatic N) is 1. The molecule has 0 aliphatic rings. The second-order valence-corrected chi connectivity index (χ2v) is 4.57. The van der Waals surface area contributed by atoms with Gasteiger partial charge in [0.05, 0.1) is 0 Å². The van der Waals surface area contributed by atoms with Crippen LogP contribution in [0.3, 0.4) is 0 Å². The number of unbranched alkanes of at least 4 members (excludes halogenated alkanes) is 3. The molecule has 0 bridgehead atoms. The Morgan fingerprint density at radius 1 is 0.833 bits per heavy atom. The summed E-state index contributed by atoms with van der Waals surface area (Å²) in [4.78, 5) is 4.13. The zero-order chi connectivity index (χ0) is 12.5. The molecule has 1 heterocycles. The zero-order valence-electron chi connectivity index (χ0n) is 10.8. The number of aryl methyl sites for hydroxylation is 2. The second-order valence-electron chi connectivity index (χ2n) is 4.57. The van der Waals surface area contributed by atoms with Crippen LogP contribution in [0, 0.1) is 6.42 Å².